The molecule has 0 aromatic heterocycles. The fraction of sp³-hybridized carbons (Fsp3) is 0.278. The van der Waals surface area contributed by atoms with E-state index in [-0.39, 0.29) is 28.1 Å². The number of ether oxygens (including phenoxy) is 3. The molecule has 0 heterocycles. The van der Waals surface area contributed by atoms with Crippen molar-refractivity contribution in [3.63, 3.8) is 0 Å². The number of nitrogens with one attached hydrogen (secondary N) is 1. The molecule has 0 bridgehead atoms. The molecule has 26 heavy (non-hydrogen) atoms. The lowest BCUT2D eigenvalue weighted by atomic mass is 10.1. The molecule has 0 saturated carbocycles. The van der Waals surface area contributed by atoms with Crippen LogP contribution in [0.3, 0.4) is 0 Å². The van der Waals surface area contributed by atoms with Gasteiger partial charge >= 0.3 is 0 Å². The summed E-state index contributed by atoms with van der Waals surface area (Å²) in [6, 6.07) is 6.73. The second kappa shape index (κ2) is 8.87. The van der Waals surface area contributed by atoms with Crippen molar-refractivity contribution in [1.82, 2.24) is 0 Å². The first-order valence-corrected chi connectivity index (χ1v) is 8.48. The zero-order valence-corrected chi connectivity index (χ0v) is 16.2. The highest BCUT2D eigenvalue weighted by Crippen LogP contribution is 2.38. The third-order valence-corrected chi connectivity index (χ3v) is 4.35. The Morgan fingerprint density at radius 1 is 1.00 bits per heavy atom. The first kappa shape index (κ1) is 20.0. The largest absolute Gasteiger partial charge is 0.493 e. The van der Waals surface area contributed by atoms with Gasteiger partial charge in [0.25, 0.3) is 0 Å². The number of rotatable bonds is 7. The number of carbonyl (C=O) groups is 1. The molecule has 0 fully saturated rings. The molecule has 1 amide bonds. The van der Waals surface area contributed by atoms with Gasteiger partial charge in [-0.1, -0.05) is 23.2 Å². The van der Waals surface area contributed by atoms with Crippen molar-refractivity contribution in [3.8, 4) is 17.2 Å². The van der Waals surface area contributed by atoms with Crippen molar-refractivity contribution in [2.75, 3.05) is 32.4 Å². The molecule has 140 valence electrons. The Hall–Kier alpha value is -2.31. The summed E-state index contributed by atoms with van der Waals surface area (Å²) in [5.41, 5.74) is 7.33. The van der Waals surface area contributed by atoms with Gasteiger partial charge < -0.3 is 25.3 Å². The number of benzene rings is 2. The van der Waals surface area contributed by atoms with Gasteiger partial charge in [-0.25, -0.2) is 0 Å². The van der Waals surface area contributed by atoms with Crippen LogP contribution >= 0.6 is 23.2 Å². The molecule has 0 spiro atoms. The van der Waals surface area contributed by atoms with Gasteiger partial charge in [0.05, 0.1) is 37.1 Å². The highest BCUT2D eigenvalue weighted by molar-refractivity contribution is 6.39. The first-order chi connectivity index (χ1) is 12.4. The maximum Gasteiger partial charge on any atom is 0.224 e. The number of hydrogen-bond acceptors (Lipinski definition) is 5. The molecule has 2 rings (SSSR count). The van der Waals surface area contributed by atoms with Crippen LogP contribution in [0.2, 0.25) is 10.0 Å². The summed E-state index contributed by atoms with van der Waals surface area (Å²) in [4.78, 5) is 12.2. The maximum atomic E-state index is 12.2. The highest BCUT2D eigenvalue weighted by atomic mass is 35.5. The Balaban J connectivity index is 2.07. The van der Waals surface area contributed by atoms with Crippen LogP contribution in [0, 0.1) is 0 Å². The van der Waals surface area contributed by atoms with Gasteiger partial charge in [-0.05, 0) is 36.2 Å². The molecular weight excluding hydrogens is 379 g/mol. The van der Waals surface area contributed by atoms with Crippen molar-refractivity contribution in [2.24, 2.45) is 0 Å². The molecule has 0 radical (unpaired) electrons. The quantitative estimate of drug-likeness (QED) is 0.683. The van der Waals surface area contributed by atoms with Crippen molar-refractivity contribution >= 4 is 40.5 Å². The monoisotopic (exact) mass is 398 g/mol. The zero-order chi connectivity index (χ0) is 19.3. The van der Waals surface area contributed by atoms with Crippen LogP contribution in [0.4, 0.5) is 11.4 Å². The van der Waals surface area contributed by atoms with Gasteiger partial charge in [-0.3, -0.25) is 4.79 Å². The lowest BCUT2D eigenvalue weighted by Crippen LogP contribution is -2.12. The summed E-state index contributed by atoms with van der Waals surface area (Å²) >= 11 is 11.9. The van der Waals surface area contributed by atoms with Crippen LogP contribution in [0.25, 0.3) is 0 Å². The molecular formula is C18H20Cl2N2O4. The molecule has 0 atom stereocenters. The normalized spacial score (nSPS) is 10.3. The van der Waals surface area contributed by atoms with Crippen LogP contribution in [0.15, 0.2) is 24.3 Å². The van der Waals surface area contributed by atoms with E-state index < -0.39 is 0 Å². The van der Waals surface area contributed by atoms with Crippen LogP contribution in [0.1, 0.15) is 12.0 Å². The highest BCUT2D eigenvalue weighted by Gasteiger charge is 2.14. The molecule has 2 aromatic carbocycles. The van der Waals surface area contributed by atoms with Crippen LogP contribution in [-0.2, 0) is 11.2 Å². The predicted molar refractivity (Wildman–Crippen MR) is 104 cm³/mol. The van der Waals surface area contributed by atoms with Crippen LogP contribution < -0.4 is 25.3 Å². The Labute approximate surface area is 162 Å². The predicted octanol–water partition coefficient (Wildman–Crippen LogP) is 4.17. The van der Waals surface area contributed by atoms with Gasteiger partial charge in [0.1, 0.15) is 0 Å². The summed E-state index contributed by atoms with van der Waals surface area (Å²) < 4.78 is 15.9. The number of hydrogen-bond donors (Lipinski definition) is 2. The van der Waals surface area contributed by atoms with E-state index in [2.05, 4.69) is 5.32 Å². The van der Waals surface area contributed by atoms with Gasteiger partial charge in [0, 0.05) is 12.1 Å². The number of aryl methyl sites for hydroxylation is 1. The summed E-state index contributed by atoms with van der Waals surface area (Å²) in [6.45, 7) is 0. The van der Waals surface area contributed by atoms with Crippen molar-refractivity contribution in [3.05, 3.63) is 39.9 Å². The molecule has 0 aliphatic heterocycles. The van der Waals surface area contributed by atoms with E-state index in [0.29, 0.717) is 29.4 Å². The number of nitrogen functional groups attached to an aromatic ring is 1. The average Bonchev–Trinajstić information content (AvgIpc) is 2.63. The Morgan fingerprint density at radius 3 is 2.00 bits per heavy atom. The molecule has 0 aliphatic carbocycles. The number of amides is 1. The maximum absolute atomic E-state index is 12.2. The molecule has 6 nitrogen and oxygen atoms in total. The van der Waals surface area contributed by atoms with E-state index in [1.165, 1.54) is 7.11 Å². The number of halogens is 2. The molecule has 0 unspecified atom stereocenters. The topological polar surface area (TPSA) is 82.8 Å². The van der Waals surface area contributed by atoms with Crippen LogP contribution in [-0.4, -0.2) is 27.2 Å². The van der Waals surface area contributed by atoms with Gasteiger partial charge in [0.15, 0.2) is 11.5 Å². The van der Waals surface area contributed by atoms with Crippen molar-refractivity contribution in [2.45, 2.75) is 12.8 Å². The Morgan fingerprint density at radius 2 is 1.54 bits per heavy atom. The molecule has 3 N–H and O–H groups in total. The summed E-state index contributed by atoms with van der Waals surface area (Å²) in [5.74, 6) is 1.41. The third-order valence-electron chi connectivity index (χ3n) is 3.73. The van der Waals surface area contributed by atoms with E-state index in [1.54, 1.807) is 26.4 Å². The standard InChI is InChI=1S/C18H20Cl2N2O4/c1-24-14-6-10(7-15(25-2)18(14)26-3)4-5-16(23)22-11-8-12(19)17(21)13(20)9-11/h6-9H,4-5,21H2,1-3H3,(H,22,23). The minimum atomic E-state index is -0.185. The van der Waals surface area contributed by atoms with Crippen LogP contribution in [0.5, 0.6) is 17.2 Å². The number of anilines is 2. The lowest BCUT2D eigenvalue weighted by Gasteiger charge is -2.14. The zero-order valence-electron chi connectivity index (χ0n) is 14.7. The van der Waals surface area contributed by atoms with Gasteiger partial charge in [-0.15, -0.1) is 0 Å². The number of methoxy groups -OCH3 is 3. The fourth-order valence-corrected chi connectivity index (χ4v) is 2.90. The Kier molecular flexibility index (Phi) is 6.83. The SMILES string of the molecule is COc1cc(CCC(=O)Nc2cc(Cl)c(N)c(Cl)c2)cc(OC)c1OC. The van der Waals surface area contributed by atoms with E-state index in [0.717, 1.165) is 5.56 Å². The van der Waals surface area contributed by atoms with Crippen molar-refractivity contribution in [1.29, 1.82) is 0 Å². The molecule has 2 aromatic rings. The molecule has 8 heteroatoms. The van der Waals surface area contributed by atoms with Gasteiger partial charge in [0.2, 0.25) is 11.7 Å². The van der Waals surface area contributed by atoms with Crippen molar-refractivity contribution < 1.29 is 19.0 Å². The summed E-state index contributed by atoms with van der Waals surface area (Å²) in [7, 11) is 4.63. The lowest BCUT2D eigenvalue weighted by molar-refractivity contribution is -0.116. The second-order valence-electron chi connectivity index (χ2n) is 5.44. The Bertz CT molecular complexity index is 764. The van der Waals surface area contributed by atoms with E-state index >= 15 is 0 Å². The minimum Gasteiger partial charge on any atom is -0.493 e. The number of carbonyl (C=O) groups excluding carboxylic acids is 1. The fourth-order valence-electron chi connectivity index (χ4n) is 2.42. The van der Waals surface area contributed by atoms with E-state index in [1.807, 2.05) is 12.1 Å². The smallest absolute Gasteiger partial charge is 0.224 e. The molecule has 0 saturated heterocycles. The minimum absolute atomic E-state index is 0.185. The molecule has 0 aliphatic rings. The van der Waals surface area contributed by atoms with E-state index in [4.69, 9.17) is 43.1 Å². The summed E-state index contributed by atoms with van der Waals surface area (Å²) in [5, 5.41) is 3.33. The number of nitrogens with two attached hydrogens (primary N) is 1. The average molecular weight is 399 g/mol. The summed E-state index contributed by atoms with van der Waals surface area (Å²) in [6.07, 6.45) is 0.733. The van der Waals surface area contributed by atoms with Gasteiger partial charge in [-0.2, -0.15) is 0 Å². The van der Waals surface area contributed by atoms with E-state index in [9.17, 15) is 4.79 Å². The first-order valence-electron chi connectivity index (χ1n) is 7.72. The third kappa shape index (κ3) is 4.65. The second-order valence-corrected chi connectivity index (χ2v) is 6.25.